The molecule has 0 amide bonds. The second-order valence-corrected chi connectivity index (χ2v) is 5.57. The third-order valence-corrected chi connectivity index (χ3v) is 3.70. The number of hydrogen-bond acceptors (Lipinski definition) is 5. The lowest BCUT2D eigenvalue weighted by Crippen LogP contribution is -2.17. The summed E-state index contributed by atoms with van der Waals surface area (Å²) in [6.07, 6.45) is 0. The molecule has 1 heterocycles. The Morgan fingerprint density at radius 1 is 1.29 bits per heavy atom. The Morgan fingerprint density at radius 2 is 1.94 bits per heavy atom. The minimum Gasteiger partial charge on any atom is -0.487 e. The van der Waals surface area contributed by atoms with Gasteiger partial charge in [0.2, 0.25) is 9.84 Å². The van der Waals surface area contributed by atoms with Crippen LogP contribution >= 0.6 is 11.6 Å². The number of rotatable bonds is 3. The molecule has 0 spiro atoms. The van der Waals surface area contributed by atoms with Gasteiger partial charge in [-0.05, 0) is 24.3 Å². The van der Waals surface area contributed by atoms with Crippen LogP contribution < -0.4 is 10.5 Å². The van der Waals surface area contributed by atoms with Crippen molar-refractivity contribution >= 4 is 26.5 Å². The van der Waals surface area contributed by atoms with E-state index in [0.29, 0.717) is 10.8 Å². The van der Waals surface area contributed by atoms with E-state index in [2.05, 4.69) is 4.99 Å². The van der Waals surface area contributed by atoms with Gasteiger partial charge in [-0.15, -0.1) is 0 Å². The minimum atomic E-state index is -3.50. The molecule has 0 radical (unpaired) electrons. The molecule has 2 rings (SSSR count). The van der Waals surface area contributed by atoms with Crippen LogP contribution in [0.2, 0.25) is 5.02 Å². The highest BCUT2D eigenvalue weighted by Gasteiger charge is 2.24. The molecule has 0 fully saturated rings. The van der Waals surface area contributed by atoms with Crippen molar-refractivity contribution in [1.29, 1.82) is 0 Å². The first kappa shape index (κ1) is 11.9. The van der Waals surface area contributed by atoms with Crippen LogP contribution in [0, 0.1) is 0 Å². The first-order valence-corrected chi connectivity index (χ1v) is 6.58. The predicted molar refractivity (Wildman–Crippen MR) is 65.6 cm³/mol. The quantitative estimate of drug-likeness (QED) is 0.899. The van der Waals surface area contributed by atoms with Crippen LogP contribution in [0.4, 0.5) is 0 Å². The SMILES string of the molecule is NC1=CS(=O)(=O)C(COc2ccc(Cl)cc2)=N1. The lowest BCUT2D eigenvalue weighted by Gasteiger charge is -2.05. The highest BCUT2D eigenvalue weighted by Crippen LogP contribution is 2.17. The topological polar surface area (TPSA) is 81.8 Å². The lowest BCUT2D eigenvalue weighted by atomic mass is 10.3. The summed E-state index contributed by atoms with van der Waals surface area (Å²) in [5.41, 5.74) is 5.31. The smallest absolute Gasteiger partial charge is 0.220 e. The van der Waals surface area contributed by atoms with Crippen LogP contribution in [-0.2, 0) is 9.84 Å². The number of aliphatic imine (C=N–C) groups is 1. The fourth-order valence-corrected chi connectivity index (χ4v) is 2.34. The summed E-state index contributed by atoms with van der Waals surface area (Å²) in [5, 5.41) is 1.40. The Hall–Kier alpha value is -1.53. The average molecular weight is 273 g/mol. The molecule has 1 aromatic carbocycles. The van der Waals surface area contributed by atoms with Crippen molar-refractivity contribution in [2.75, 3.05) is 6.61 Å². The summed E-state index contributed by atoms with van der Waals surface area (Å²) in [4.78, 5) is 3.69. The average Bonchev–Trinajstić information content (AvgIpc) is 2.51. The summed E-state index contributed by atoms with van der Waals surface area (Å²) in [6.45, 7) is -0.152. The standard InChI is InChI=1S/C10H9ClN2O3S/c11-7-1-3-8(4-2-7)16-5-10-13-9(12)6-17(10,14)15/h1-4,6H,5,12H2. The van der Waals surface area contributed by atoms with Crippen molar-refractivity contribution in [3.63, 3.8) is 0 Å². The van der Waals surface area contributed by atoms with Crippen molar-refractivity contribution in [2.24, 2.45) is 10.7 Å². The van der Waals surface area contributed by atoms with Gasteiger partial charge in [0.05, 0.1) is 5.41 Å². The van der Waals surface area contributed by atoms with Crippen LogP contribution in [0.3, 0.4) is 0 Å². The Labute approximate surface area is 103 Å². The lowest BCUT2D eigenvalue weighted by molar-refractivity contribution is 0.378. The van der Waals surface area contributed by atoms with Crippen LogP contribution in [0.1, 0.15) is 0 Å². The fraction of sp³-hybridized carbons (Fsp3) is 0.100. The maximum absolute atomic E-state index is 11.5. The van der Waals surface area contributed by atoms with Gasteiger partial charge in [-0.3, -0.25) is 0 Å². The third kappa shape index (κ3) is 2.78. The normalized spacial score (nSPS) is 17.5. The molecular formula is C10H9ClN2O3S. The highest BCUT2D eigenvalue weighted by molar-refractivity contribution is 8.09. The summed E-state index contributed by atoms with van der Waals surface area (Å²) in [6, 6.07) is 6.57. The van der Waals surface area contributed by atoms with Crippen molar-refractivity contribution in [1.82, 2.24) is 0 Å². The molecule has 0 saturated carbocycles. The number of nitrogens with two attached hydrogens (primary N) is 1. The Morgan fingerprint density at radius 3 is 2.47 bits per heavy atom. The molecule has 7 heteroatoms. The zero-order valence-electron chi connectivity index (χ0n) is 8.63. The number of ether oxygens (including phenoxy) is 1. The number of halogens is 1. The zero-order chi connectivity index (χ0) is 12.5. The van der Waals surface area contributed by atoms with Gasteiger partial charge in [0.1, 0.15) is 18.2 Å². The second-order valence-electron chi connectivity index (χ2n) is 3.34. The fourth-order valence-electron chi connectivity index (χ4n) is 1.25. The maximum Gasteiger partial charge on any atom is 0.220 e. The zero-order valence-corrected chi connectivity index (χ0v) is 10.2. The van der Waals surface area contributed by atoms with E-state index in [1.54, 1.807) is 24.3 Å². The molecule has 1 aliphatic heterocycles. The molecule has 0 aromatic heterocycles. The highest BCUT2D eigenvalue weighted by atomic mass is 35.5. The monoisotopic (exact) mass is 272 g/mol. The van der Waals surface area contributed by atoms with Gasteiger partial charge >= 0.3 is 0 Å². The minimum absolute atomic E-state index is 0.0280. The van der Waals surface area contributed by atoms with E-state index in [1.165, 1.54) is 0 Å². The predicted octanol–water partition coefficient (Wildman–Crippen LogP) is 1.30. The molecule has 0 bridgehead atoms. The molecule has 0 atom stereocenters. The van der Waals surface area contributed by atoms with E-state index >= 15 is 0 Å². The third-order valence-electron chi connectivity index (χ3n) is 2.03. The van der Waals surface area contributed by atoms with Crippen LogP contribution in [0.5, 0.6) is 5.75 Å². The van der Waals surface area contributed by atoms with Gasteiger partial charge in [-0.25, -0.2) is 13.4 Å². The maximum atomic E-state index is 11.5. The van der Waals surface area contributed by atoms with Crippen LogP contribution in [-0.4, -0.2) is 20.1 Å². The molecule has 1 aliphatic rings. The van der Waals surface area contributed by atoms with Crippen molar-refractivity contribution in [3.8, 4) is 5.75 Å². The van der Waals surface area contributed by atoms with Crippen molar-refractivity contribution in [2.45, 2.75) is 0 Å². The molecular weight excluding hydrogens is 264 g/mol. The molecule has 90 valence electrons. The van der Waals surface area contributed by atoms with E-state index in [1.807, 2.05) is 0 Å². The van der Waals surface area contributed by atoms with Crippen LogP contribution in [0.25, 0.3) is 0 Å². The molecule has 17 heavy (non-hydrogen) atoms. The number of nitrogens with zero attached hydrogens (tertiary/aromatic N) is 1. The van der Waals surface area contributed by atoms with Gasteiger partial charge in [-0.1, -0.05) is 11.6 Å². The Bertz CT molecular complexity index is 590. The summed E-state index contributed by atoms with van der Waals surface area (Å²) in [7, 11) is -3.50. The molecule has 5 nitrogen and oxygen atoms in total. The van der Waals surface area contributed by atoms with E-state index in [0.717, 1.165) is 5.41 Å². The van der Waals surface area contributed by atoms with Gasteiger partial charge in [0, 0.05) is 5.02 Å². The van der Waals surface area contributed by atoms with Crippen LogP contribution in [0.15, 0.2) is 40.5 Å². The molecule has 0 unspecified atom stereocenters. The van der Waals surface area contributed by atoms with Gasteiger partial charge in [-0.2, -0.15) is 0 Å². The summed E-state index contributed by atoms with van der Waals surface area (Å²) in [5.74, 6) is 0.484. The first-order valence-electron chi connectivity index (χ1n) is 4.65. The number of benzene rings is 1. The number of sulfone groups is 1. The molecule has 0 aliphatic carbocycles. The van der Waals surface area contributed by atoms with E-state index in [4.69, 9.17) is 22.1 Å². The van der Waals surface area contributed by atoms with E-state index < -0.39 is 9.84 Å². The molecule has 2 N–H and O–H groups in total. The summed E-state index contributed by atoms with van der Waals surface area (Å²) < 4.78 is 28.2. The van der Waals surface area contributed by atoms with E-state index in [9.17, 15) is 8.42 Å². The first-order chi connectivity index (χ1) is 7.97. The second kappa shape index (κ2) is 4.38. The molecule has 1 aromatic rings. The van der Waals surface area contributed by atoms with Gasteiger partial charge in [0.25, 0.3) is 0 Å². The van der Waals surface area contributed by atoms with Gasteiger partial charge in [0.15, 0.2) is 5.04 Å². The van der Waals surface area contributed by atoms with Gasteiger partial charge < -0.3 is 10.5 Å². The Kier molecular flexibility index (Phi) is 3.08. The van der Waals surface area contributed by atoms with Crippen molar-refractivity contribution in [3.05, 3.63) is 40.5 Å². The molecule has 0 saturated heterocycles. The number of hydrogen-bond donors (Lipinski definition) is 1. The summed E-state index contributed by atoms with van der Waals surface area (Å²) >= 11 is 5.70. The van der Waals surface area contributed by atoms with E-state index in [-0.39, 0.29) is 17.5 Å². The van der Waals surface area contributed by atoms with Crippen molar-refractivity contribution < 1.29 is 13.2 Å². The largest absolute Gasteiger partial charge is 0.487 e. The Balaban J connectivity index is 2.05.